The average molecular weight is 322 g/mol. The fourth-order valence-electron chi connectivity index (χ4n) is 3.60. The minimum Gasteiger partial charge on any atom is -0.324 e. The predicted octanol–water partition coefficient (Wildman–Crippen LogP) is 1.36. The SMILES string of the molecule is Cc1cccc(C)c1NC(=O)CN1C[C@H]2CCS(=O)(=O)[C@H]2C1. The van der Waals surface area contributed by atoms with Crippen LogP contribution in [0.2, 0.25) is 0 Å². The first-order valence-electron chi connectivity index (χ1n) is 7.67. The molecule has 0 bridgehead atoms. The van der Waals surface area contributed by atoms with Crippen LogP contribution in [0.1, 0.15) is 17.5 Å². The molecule has 3 rings (SSSR count). The van der Waals surface area contributed by atoms with Crippen molar-refractivity contribution in [3.8, 4) is 0 Å². The second kappa shape index (κ2) is 5.66. The molecule has 2 aliphatic heterocycles. The minimum absolute atomic E-state index is 0.0743. The van der Waals surface area contributed by atoms with Gasteiger partial charge in [0, 0.05) is 18.8 Å². The van der Waals surface area contributed by atoms with Crippen LogP contribution in [0.25, 0.3) is 0 Å². The molecule has 120 valence electrons. The van der Waals surface area contributed by atoms with Crippen molar-refractivity contribution in [2.45, 2.75) is 25.5 Å². The summed E-state index contributed by atoms with van der Waals surface area (Å²) in [5, 5.41) is 2.70. The van der Waals surface area contributed by atoms with Gasteiger partial charge >= 0.3 is 0 Å². The normalized spacial score (nSPS) is 26.8. The van der Waals surface area contributed by atoms with E-state index in [1.165, 1.54) is 0 Å². The molecule has 0 saturated carbocycles. The molecule has 0 unspecified atom stereocenters. The lowest BCUT2D eigenvalue weighted by atomic mass is 10.1. The number of aryl methyl sites for hydroxylation is 2. The first-order chi connectivity index (χ1) is 10.4. The van der Waals surface area contributed by atoms with E-state index in [2.05, 4.69) is 5.32 Å². The van der Waals surface area contributed by atoms with E-state index in [4.69, 9.17) is 0 Å². The average Bonchev–Trinajstić information content (AvgIpc) is 2.95. The lowest BCUT2D eigenvalue weighted by molar-refractivity contribution is -0.117. The van der Waals surface area contributed by atoms with Gasteiger partial charge in [-0.15, -0.1) is 0 Å². The molecule has 0 aromatic heterocycles. The fourth-order valence-corrected chi connectivity index (χ4v) is 5.78. The van der Waals surface area contributed by atoms with Gasteiger partial charge in [-0.1, -0.05) is 18.2 Å². The van der Waals surface area contributed by atoms with Crippen molar-refractivity contribution in [3.05, 3.63) is 29.3 Å². The van der Waals surface area contributed by atoms with Crippen LogP contribution in [0.3, 0.4) is 0 Å². The third-order valence-corrected chi connectivity index (χ3v) is 7.07. The Morgan fingerprint density at radius 2 is 1.95 bits per heavy atom. The molecule has 0 radical (unpaired) electrons. The Kier molecular flexibility index (Phi) is 3.99. The van der Waals surface area contributed by atoms with Crippen LogP contribution < -0.4 is 5.32 Å². The summed E-state index contributed by atoms with van der Waals surface area (Å²) in [6, 6.07) is 5.90. The van der Waals surface area contributed by atoms with Gasteiger partial charge in [-0.3, -0.25) is 9.69 Å². The number of carbonyl (C=O) groups is 1. The summed E-state index contributed by atoms with van der Waals surface area (Å²) >= 11 is 0. The van der Waals surface area contributed by atoms with Crippen molar-refractivity contribution in [2.75, 3.05) is 30.7 Å². The summed E-state index contributed by atoms with van der Waals surface area (Å²) in [6.07, 6.45) is 0.738. The van der Waals surface area contributed by atoms with Gasteiger partial charge in [-0.2, -0.15) is 0 Å². The van der Waals surface area contributed by atoms with Crippen LogP contribution in [0, 0.1) is 19.8 Å². The molecule has 22 heavy (non-hydrogen) atoms. The lowest BCUT2D eigenvalue weighted by Gasteiger charge is -2.17. The Morgan fingerprint density at radius 1 is 1.27 bits per heavy atom. The zero-order chi connectivity index (χ0) is 15.9. The molecular formula is C16H22N2O3S. The first-order valence-corrected chi connectivity index (χ1v) is 9.38. The molecule has 2 heterocycles. The summed E-state index contributed by atoms with van der Waals surface area (Å²) in [7, 11) is -2.94. The summed E-state index contributed by atoms with van der Waals surface area (Å²) < 4.78 is 23.9. The number of anilines is 1. The van der Waals surface area contributed by atoms with Gasteiger partial charge in [0.25, 0.3) is 0 Å². The van der Waals surface area contributed by atoms with Gasteiger partial charge in [0.05, 0.1) is 17.5 Å². The second-order valence-corrected chi connectivity index (χ2v) is 8.80. The highest BCUT2D eigenvalue weighted by Crippen LogP contribution is 2.33. The van der Waals surface area contributed by atoms with Crippen molar-refractivity contribution in [1.82, 2.24) is 4.90 Å². The molecule has 1 amide bonds. The zero-order valence-corrected chi connectivity index (χ0v) is 13.8. The van der Waals surface area contributed by atoms with E-state index in [0.29, 0.717) is 18.8 Å². The Bertz CT molecular complexity index is 679. The van der Waals surface area contributed by atoms with Gasteiger partial charge < -0.3 is 5.32 Å². The molecule has 2 fully saturated rings. The molecule has 1 N–H and O–H groups in total. The monoisotopic (exact) mass is 322 g/mol. The maximum atomic E-state index is 12.3. The summed E-state index contributed by atoms with van der Waals surface area (Å²) in [6.45, 7) is 5.40. The van der Waals surface area contributed by atoms with Gasteiger partial charge in [0.2, 0.25) is 5.91 Å². The van der Waals surface area contributed by atoms with E-state index in [0.717, 1.165) is 23.2 Å². The fraction of sp³-hybridized carbons (Fsp3) is 0.562. The van der Waals surface area contributed by atoms with Crippen molar-refractivity contribution < 1.29 is 13.2 Å². The maximum absolute atomic E-state index is 12.3. The molecule has 2 saturated heterocycles. The predicted molar refractivity (Wildman–Crippen MR) is 86.7 cm³/mol. The zero-order valence-electron chi connectivity index (χ0n) is 13.0. The van der Waals surface area contributed by atoms with E-state index in [1.54, 1.807) is 0 Å². The summed E-state index contributed by atoms with van der Waals surface area (Å²) in [5.74, 6) is 0.442. The summed E-state index contributed by atoms with van der Waals surface area (Å²) in [4.78, 5) is 14.2. The second-order valence-electron chi connectivity index (χ2n) is 6.46. The molecule has 6 heteroatoms. The molecule has 5 nitrogen and oxygen atoms in total. The number of sulfone groups is 1. The number of amides is 1. The number of carbonyl (C=O) groups excluding carboxylic acids is 1. The number of para-hydroxylation sites is 1. The van der Waals surface area contributed by atoms with Crippen molar-refractivity contribution in [1.29, 1.82) is 0 Å². The Balaban J connectivity index is 1.62. The number of benzene rings is 1. The third kappa shape index (κ3) is 2.90. The van der Waals surface area contributed by atoms with Crippen LogP contribution >= 0.6 is 0 Å². The summed E-state index contributed by atoms with van der Waals surface area (Å²) in [5.41, 5.74) is 2.93. The number of likely N-dealkylation sites (tertiary alicyclic amines) is 1. The third-order valence-electron chi connectivity index (χ3n) is 4.80. The maximum Gasteiger partial charge on any atom is 0.238 e. The van der Waals surface area contributed by atoms with E-state index >= 15 is 0 Å². The quantitative estimate of drug-likeness (QED) is 0.912. The van der Waals surface area contributed by atoms with Gasteiger partial charge in [-0.25, -0.2) is 8.42 Å². The van der Waals surface area contributed by atoms with E-state index in [9.17, 15) is 13.2 Å². The van der Waals surface area contributed by atoms with E-state index in [1.807, 2.05) is 36.9 Å². The number of fused-ring (bicyclic) bond motifs is 1. The Labute approximate surface area is 131 Å². The van der Waals surface area contributed by atoms with E-state index in [-0.39, 0.29) is 23.6 Å². The Morgan fingerprint density at radius 3 is 2.59 bits per heavy atom. The van der Waals surface area contributed by atoms with Gasteiger partial charge in [0.1, 0.15) is 0 Å². The number of nitrogens with one attached hydrogen (secondary N) is 1. The van der Waals surface area contributed by atoms with Crippen LogP contribution in [-0.2, 0) is 14.6 Å². The van der Waals surface area contributed by atoms with E-state index < -0.39 is 9.84 Å². The number of nitrogens with zero attached hydrogens (tertiary/aromatic N) is 1. The van der Waals surface area contributed by atoms with Gasteiger partial charge in [0.15, 0.2) is 9.84 Å². The smallest absolute Gasteiger partial charge is 0.238 e. The molecule has 1 aromatic rings. The Hall–Kier alpha value is -1.40. The lowest BCUT2D eigenvalue weighted by Crippen LogP contribution is -2.34. The van der Waals surface area contributed by atoms with Crippen molar-refractivity contribution in [3.63, 3.8) is 0 Å². The standard InChI is InChI=1S/C16H22N2O3S/c1-11-4-3-5-12(2)16(11)17-15(19)10-18-8-13-6-7-22(20,21)14(13)9-18/h3-5,13-14H,6-10H2,1-2H3,(H,17,19)/t13-,14+/m1/s1. The number of rotatable bonds is 3. The van der Waals surface area contributed by atoms with Crippen molar-refractivity contribution >= 4 is 21.4 Å². The largest absolute Gasteiger partial charge is 0.324 e. The molecule has 2 aliphatic rings. The number of hydrogen-bond donors (Lipinski definition) is 1. The highest BCUT2D eigenvalue weighted by Gasteiger charge is 2.46. The van der Waals surface area contributed by atoms with Crippen LogP contribution in [0.4, 0.5) is 5.69 Å². The first kappa shape index (κ1) is 15.5. The van der Waals surface area contributed by atoms with Crippen molar-refractivity contribution in [2.24, 2.45) is 5.92 Å². The molecule has 0 aliphatic carbocycles. The molecule has 2 atom stereocenters. The topological polar surface area (TPSA) is 66.5 Å². The van der Waals surface area contributed by atoms with Crippen LogP contribution in [-0.4, -0.2) is 49.9 Å². The minimum atomic E-state index is -2.94. The molecule has 0 spiro atoms. The van der Waals surface area contributed by atoms with Crippen LogP contribution in [0.5, 0.6) is 0 Å². The highest BCUT2D eigenvalue weighted by molar-refractivity contribution is 7.92. The van der Waals surface area contributed by atoms with Gasteiger partial charge in [-0.05, 0) is 37.3 Å². The number of hydrogen-bond acceptors (Lipinski definition) is 4. The van der Waals surface area contributed by atoms with Crippen LogP contribution in [0.15, 0.2) is 18.2 Å². The highest BCUT2D eigenvalue weighted by atomic mass is 32.2. The molecular weight excluding hydrogens is 300 g/mol. The molecule has 1 aromatic carbocycles.